The number of hydrogen-bond acceptors (Lipinski definition) is 5. The molecule has 0 amide bonds. The Morgan fingerprint density at radius 3 is 2.57 bits per heavy atom. The number of nitrogens with zero attached hydrogens (tertiary/aromatic N) is 5. The lowest BCUT2D eigenvalue weighted by molar-refractivity contribution is 0.572. The molecule has 5 heteroatoms. The van der Waals surface area contributed by atoms with Crippen LogP contribution in [0.4, 0.5) is 11.8 Å². The van der Waals surface area contributed by atoms with Crippen LogP contribution in [-0.2, 0) is 6.42 Å². The average molecular weight is 311 g/mol. The maximum atomic E-state index is 4.80. The quantitative estimate of drug-likeness (QED) is 0.849. The van der Waals surface area contributed by atoms with Gasteiger partial charge in [0, 0.05) is 50.8 Å². The minimum Gasteiger partial charge on any atom is -0.356 e. The highest BCUT2D eigenvalue weighted by Gasteiger charge is 2.15. The Kier molecular flexibility index (Phi) is 5.05. The van der Waals surface area contributed by atoms with Crippen LogP contribution in [0.2, 0.25) is 0 Å². The van der Waals surface area contributed by atoms with Crippen molar-refractivity contribution in [3.8, 4) is 0 Å². The van der Waals surface area contributed by atoms with E-state index in [0.717, 1.165) is 43.5 Å². The Hall–Kier alpha value is -2.17. The fraction of sp³-hybridized carbons (Fsp3) is 0.500. The monoisotopic (exact) mass is 311 g/mol. The molecule has 1 fully saturated rings. The number of piperidine rings is 1. The summed E-state index contributed by atoms with van der Waals surface area (Å²) in [5, 5.41) is 0. The summed E-state index contributed by atoms with van der Waals surface area (Å²) in [6, 6.07) is 6.22. The zero-order valence-electron chi connectivity index (χ0n) is 14.1. The van der Waals surface area contributed by atoms with Gasteiger partial charge < -0.3 is 9.80 Å². The molecule has 5 nitrogen and oxygen atoms in total. The van der Waals surface area contributed by atoms with Gasteiger partial charge in [-0.15, -0.1) is 0 Å². The number of hydrogen-bond donors (Lipinski definition) is 0. The third-order valence-corrected chi connectivity index (χ3v) is 4.34. The van der Waals surface area contributed by atoms with E-state index in [2.05, 4.69) is 51.9 Å². The normalized spacial score (nSPS) is 14.8. The molecule has 0 spiro atoms. The van der Waals surface area contributed by atoms with Crippen LogP contribution >= 0.6 is 0 Å². The summed E-state index contributed by atoms with van der Waals surface area (Å²) < 4.78 is 0. The summed E-state index contributed by atoms with van der Waals surface area (Å²) in [5.41, 5.74) is 2.32. The van der Waals surface area contributed by atoms with Crippen LogP contribution in [0, 0.1) is 6.92 Å². The van der Waals surface area contributed by atoms with Gasteiger partial charge in [-0.25, -0.2) is 4.98 Å². The highest BCUT2D eigenvalue weighted by Crippen LogP contribution is 2.20. The number of rotatable bonds is 5. The molecule has 0 saturated carbocycles. The molecule has 1 aliphatic rings. The van der Waals surface area contributed by atoms with Crippen molar-refractivity contribution in [3.05, 3.63) is 41.9 Å². The molecule has 1 aliphatic heterocycles. The van der Waals surface area contributed by atoms with Gasteiger partial charge in [-0.3, -0.25) is 4.98 Å². The van der Waals surface area contributed by atoms with Crippen molar-refractivity contribution in [2.24, 2.45) is 0 Å². The van der Waals surface area contributed by atoms with E-state index in [1.165, 1.54) is 24.8 Å². The molecule has 3 heterocycles. The predicted molar refractivity (Wildman–Crippen MR) is 94.0 cm³/mol. The summed E-state index contributed by atoms with van der Waals surface area (Å²) in [7, 11) is 2.07. The number of aryl methyl sites for hydroxylation is 1. The summed E-state index contributed by atoms with van der Waals surface area (Å²) in [6.45, 7) is 5.16. The molecule has 122 valence electrons. The van der Waals surface area contributed by atoms with Gasteiger partial charge in [-0.2, -0.15) is 4.98 Å². The van der Waals surface area contributed by atoms with E-state index in [9.17, 15) is 0 Å². The smallest absolute Gasteiger partial charge is 0.227 e. The fourth-order valence-corrected chi connectivity index (χ4v) is 2.94. The second kappa shape index (κ2) is 7.40. The SMILES string of the molecule is Cc1cc(N2CCCCC2)nc(N(C)CCc2ccncc2)n1. The average Bonchev–Trinajstić information content (AvgIpc) is 2.61. The maximum absolute atomic E-state index is 4.80. The van der Waals surface area contributed by atoms with Crippen LogP contribution in [0.15, 0.2) is 30.6 Å². The van der Waals surface area contributed by atoms with Gasteiger partial charge >= 0.3 is 0 Å². The molecule has 2 aromatic heterocycles. The van der Waals surface area contributed by atoms with Crippen molar-refractivity contribution in [2.45, 2.75) is 32.6 Å². The van der Waals surface area contributed by atoms with Gasteiger partial charge in [0.1, 0.15) is 5.82 Å². The van der Waals surface area contributed by atoms with Crippen LogP contribution in [0.3, 0.4) is 0 Å². The molecule has 23 heavy (non-hydrogen) atoms. The molecular weight excluding hydrogens is 286 g/mol. The predicted octanol–water partition coefficient (Wildman–Crippen LogP) is 2.85. The van der Waals surface area contributed by atoms with Crippen LogP contribution in [-0.4, -0.2) is 41.6 Å². The van der Waals surface area contributed by atoms with Crippen LogP contribution < -0.4 is 9.80 Å². The lowest BCUT2D eigenvalue weighted by Crippen LogP contribution is -2.31. The van der Waals surface area contributed by atoms with E-state index in [-0.39, 0.29) is 0 Å². The topological polar surface area (TPSA) is 45.2 Å². The molecule has 0 radical (unpaired) electrons. The van der Waals surface area contributed by atoms with E-state index >= 15 is 0 Å². The first-order valence-electron chi connectivity index (χ1n) is 8.43. The van der Waals surface area contributed by atoms with E-state index in [1.54, 1.807) is 0 Å². The van der Waals surface area contributed by atoms with Crippen LogP contribution in [0.1, 0.15) is 30.5 Å². The fourth-order valence-electron chi connectivity index (χ4n) is 2.94. The van der Waals surface area contributed by atoms with Gasteiger partial charge in [0.15, 0.2) is 0 Å². The molecule has 2 aromatic rings. The lowest BCUT2D eigenvalue weighted by Gasteiger charge is -2.29. The standard InChI is InChI=1S/C18H25N5/c1-15-14-17(23-11-4-3-5-12-23)21-18(20-15)22(2)13-8-16-6-9-19-10-7-16/h6-7,9-10,14H,3-5,8,11-13H2,1-2H3. The Labute approximate surface area is 138 Å². The molecule has 0 unspecified atom stereocenters. The number of likely N-dealkylation sites (N-methyl/N-ethyl adjacent to an activating group) is 1. The van der Waals surface area contributed by atoms with Crippen LogP contribution in [0.25, 0.3) is 0 Å². The first kappa shape index (κ1) is 15.7. The Morgan fingerprint density at radius 2 is 1.83 bits per heavy atom. The molecule has 0 N–H and O–H groups in total. The number of aromatic nitrogens is 3. The van der Waals surface area contributed by atoms with E-state index < -0.39 is 0 Å². The third-order valence-electron chi connectivity index (χ3n) is 4.34. The Morgan fingerprint density at radius 1 is 1.09 bits per heavy atom. The molecule has 0 bridgehead atoms. The summed E-state index contributed by atoms with van der Waals surface area (Å²) in [4.78, 5) is 18.0. The van der Waals surface area contributed by atoms with Crippen molar-refractivity contribution in [1.82, 2.24) is 15.0 Å². The van der Waals surface area contributed by atoms with Gasteiger partial charge in [-0.1, -0.05) is 0 Å². The summed E-state index contributed by atoms with van der Waals surface area (Å²) in [5.74, 6) is 1.89. The van der Waals surface area contributed by atoms with Crippen molar-refractivity contribution in [2.75, 3.05) is 36.5 Å². The van der Waals surface area contributed by atoms with Gasteiger partial charge in [-0.05, 0) is 50.3 Å². The molecule has 1 saturated heterocycles. The van der Waals surface area contributed by atoms with E-state index in [0.29, 0.717) is 0 Å². The molecule has 0 aromatic carbocycles. The number of anilines is 2. The van der Waals surface area contributed by atoms with Gasteiger partial charge in [0.05, 0.1) is 0 Å². The lowest BCUT2D eigenvalue weighted by atomic mass is 10.1. The van der Waals surface area contributed by atoms with Crippen molar-refractivity contribution in [3.63, 3.8) is 0 Å². The van der Waals surface area contributed by atoms with E-state index in [4.69, 9.17) is 4.98 Å². The molecular formula is C18H25N5. The van der Waals surface area contributed by atoms with Gasteiger partial charge in [0.2, 0.25) is 5.95 Å². The van der Waals surface area contributed by atoms with Crippen LogP contribution in [0.5, 0.6) is 0 Å². The maximum Gasteiger partial charge on any atom is 0.227 e. The largest absolute Gasteiger partial charge is 0.356 e. The third kappa shape index (κ3) is 4.18. The first-order valence-corrected chi connectivity index (χ1v) is 8.43. The highest BCUT2D eigenvalue weighted by molar-refractivity contribution is 5.46. The zero-order chi connectivity index (χ0) is 16.1. The number of pyridine rings is 1. The Balaban J connectivity index is 1.69. The molecule has 3 rings (SSSR count). The molecule has 0 aliphatic carbocycles. The van der Waals surface area contributed by atoms with Crippen molar-refractivity contribution < 1.29 is 0 Å². The highest BCUT2D eigenvalue weighted by atomic mass is 15.3. The summed E-state index contributed by atoms with van der Waals surface area (Å²) in [6.07, 6.45) is 8.50. The summed E-state index contributed by atoms with van der Waals surface area (Å²) >= 11 is 0. The van der Waals surface area contributed by atoms with Crippen molar-refractivity contribution in [1.29, 1.82) is 0 Å². The first-order chi connectivity index (χ1) is 11.2. The Bertz CT molecular complexity index is 623. The van der Waals surface area contributed by atoms with E-state index in [1.807, 2.05) is 12.4 Å². The minimum absolute atomic E-state index is 0.819. The zero-order valence-corrected chi connectivity index (χ0v) is 14.1. The minimum atomic E-state index is 0.819. The molecule has 0 atom stereocenters. The second-order valence-electron chi connectivity index (χ2n) is 6.24. The van der Waals surface area contributed by atoms with Gasteiger partial charge in [0.25, 0.3) is 0 Å². The van der Waals surface area contributed by atoms with Crippen molar-refractivity contribution >= 4 is 11.8 Å². The second-order valence-corrected chi connectivity index (χ2v) is 6.24.